The van der Waals surface area contributed by atoms with Gasteiger partial charge in [0.15, 0.2) is 5.65 Å². The molecule has 2 aliphatic heterocycles. The number of anilines is 1. The zero-order chi connectivity index (χ0) is 20.9. The normalized spacial score (nSPS) is 20.1. The van der Waals surface area contributed by atoms with E-state index in [4.69, 9.17) is 9.97 Å². The van der Waals surface area contributed by atoms with Crippen LogP contribution >= 0.6 is 0 Å². The number of nitrogens with one attached hydrogen (secondary N) is 1. The zero-order valence-corrected chi connectivity index (χ0v) is 18.4. The molecule has 1 unspecified atom stereocenters. The average molecular weight is 411 g/mol. The third-order valence-corrected chi connectivity index (χ3v) is 6.42. The maximum absolute atomic E-state index is 12.7. The van der Waals surface area contributed by atoms with Crippen molar-refractivity contribution in [3.8, 4) is 0 Å². The van der Waals surface area contributed by atoms with Crippen molar-refractivity contribution in [2.75, 3.05) is 44.2 Å². The molecule has 1 atom stereocenters. The molecule has 2 fully saturated rings. The van der Waals surface area contributed by atoms with Crippen LogP contribution in [0.3, 0.4) is 0 Å². The molecule has 4 rings (SSSR count). The van der Waals surface area contributed by atoms with Crippen molar-refractivity contribution < 1.29 is 4.79 Å². The number of nitrogens with zero attached hydrogens (tertiary/aromatic N) is 5. The van der Waals surface area contributed by atoms with Crippen LogP contribution < -0.4 is 10.2 Å². The molecule has 4 heterocycles. The first-order valence-electron chi connectivity index (χ1n) is 11.6. The van der Waals surface area contributed by atoms with Crippen LogP contribution in [0.4, 0.5) is 5.69 Å². The number of carbonyl (C=O) groups is 1. The van der Waals surface area contributed by atoms with E-state index >= 15 is 0 Å². The molecule has 162 valence electrons. The van der Waals surface area contributed by atoms with Gasteiger partial charge in [0.25, 0.3) is 0 Å². The van der Waals surface area contributed by atoms with Crippen molar-refractivity contribution in [1.82, 2.24) is 25.2 Å². The average Bonchev–Trinajstić information content (AvgIpc) is 3.31. The molecule has 30 heavy (non-hydrogen) atoms. The monoisotopic (exact) mass is 410 g/mol. The van der Waals surface area contributed by atoms with Crippen LogP contribution in [0.1, 0.15) is 50.9 Å². The Kier molecular flexibility index (Phi) is 6.77. The summed E-state index contributed by atoms with van der Waals surface area (Å²) >= 11 is 0. The van der Waals surface area contributed by atoms with Gasteiger partial charge in [-0.3, -0.25) is 4.79 Å². The van der Waals surface area contributed by atoms with Crippen molar-refractivity contribution in [2.24, 2.45) is 5.92 Å². The summed E-state index contributed by atoms with van der Waals surface area (Å²) in [5.74, 6) is 0.223. The lowest BCUT2D eigenvalue weighted by Crippen LogP contribution is -2.44. The van der Waals surface area contributed by atoms with Gasteiger partial charge in [-0.1, -0.05) is 13.8 Å². The van der Waals surface area contributed by atoms with Gasteiger partial charge >= 0.3 is 0 Å². The summed E-state index contributed by atoms with van der Waals surface area (Å²) < 4.78 is 0. The Morgan fingerprint density at radius 3 is 2.63 bits per heavy atom. The van der Waals surface area contributed by atoms with Gasteiger partial charge in [0.1, 0.15) is 5.52 Å². The number of likely N-dealkylation sites (tertiary alicyclic amines) is 1. The predicted molar refractivity (Wildman–Crippen MR) is 120 cm³/mol. The lowest BCUT2D eigenvalue weighted by molar-refractivity contribution is -0.125. The standard InChI is InChI=1S/C23H34N6O/c1-3-19-20(4-2)27-22-21(26-19)14-18(15-25-22)29-12-7-8-17(16-29)23(30)24-9-13-28-10-5-6-11-28/h14-15,17H,3-13,16H2,1-2H3,(H,24,30). The maximum atomic E-state index is 12.7. The number of amides is 1. The Hall–Kier alpha value is -2.28. The third kappa shape index (κ3) is 4.72. The van der Waals surface area contributed by atoms with Crippen LogP contribution in [-0.2, 0) is 17.6 Å². The summed E-state index contributed by atoms with van der Waals surface area (Å²) in [5, 5.41) is 3.16. The van der Waals surface area contributed by atoms with E-state index in [1.807, 2.05) is 6.20 Å². The van der Waals surface area contributed by atoms with E-state index in [9.17, 15) is 4.79 Å². The molecule has 0 aliphatic carbocycles. The van der Waals surface area contributed by atoms with Crippen molar-refractivity contribution in [1.29, 1.82) is 0 Å². The highest BCUT2D eigenvalue weighted by atomic mass is 16.1. The van der Waals surface area contributed by atoms with Gasteiger partial charge < -0.3 is 15.1 Å². The fourth-order valence-corrected chi connectivity index (χ4v) is 4.66. The van der Waals surface area contributed by atoms with Gasteiger partial charge in [0.05, 0.1) is 29.2 Å². The Labute approximate surface area is 179 Å². The van der Waals surface area contributed by atoms with Crippen molar-refractivity contribution in [2.45, 2.75) is 52.4 Å². The highest BCUT2D eigenvalue weighted by Gasteiger charge is 2.26. The lowest BCUT2D eigenvalue weighted by atomic mass is 9.96. The summed E-state index contributed by atoms with van der Waals surface area (Å²) in [6.07, 6.45) is 8.17. The van der Waals surface area contributed by atoms with E-state index in [1.54, 1.807) is 0 Å². The maximum Gasteiger partial charge on any atom is 0.224 e. The fraction of sp³-hybridized carbons (Fsp3) is 0.652. The van der Waals surface area contributed by atoms with Gasteiger partial charge in [-0.05, 0) is 57.7 Å². The number of hydrogen-bond donors (Lipinski definition) is 1. The van der Waals surface area contributed by atoms with Crippen LogP contribution in [0.2, 0.25) is 0 Å². The van der Waals surface area contributed by atoms with Crippen LogP contribution in [0.5, 0.6) is 0 Å². The molecule has 0 saturated carbocycles. The van der Waals surface area contributed by atoms with E-state index < -0.39 is 0 Å². The molecule has 7 nitrogen and oxygen atoms in total. The Morgan fingerprint density at radius 1 is 1.10 bits per heavy atom. The van der Waals surface area contributed by atoms with Crippen molar-refractivity contribution in [3.05, 3.63) is 23.7 Å². The number of carbonyl (C=O) groups excluding carboxylic acids is 1. The lowest BCUT2D eigenvalue weighted by Gasteiger charge is -2.33. The molecule has 2 aromatic heterocycles. The van der Waals surface area contributed by atoms with E-state index in [0.717, 1.165) is 74.5 Å². The predicted octanol–water partition coefficient (Wildman–Crippen LogP) is 2.58. The number of pyridine rings is 1. The van der Waals surface area contributed by atoms with Gasteiger partial charge in [-0.25, -0.2) is 15.0 Å². The first-order valence-corrected chi connectivity index (χ1v) is 11.6. The first-order chi connectivity index (χ1) is 14.7. The fourth-order valence-electron chi connectivity index (χ4n) is 4.66. The summed E-state index contributed by atoms with van der Waals surface area (Å²) in [5.41, 5.74) is 4.68. The van der Waals surface area contributed by atoms with Gasteiger partial charge in [0.2, 0.25) is 5.91 Å². The zero-order valence-electron chi connectivity index (χ0n) is 18.4. The molecule has 0 radical (unpaired) electrons. The first kappa shape index (κ1) is 21.0. The number of rotatable bonds is 7. The summed E-state index contributed by atoms with van der Waals surface area (Å²) in [4.78, 5) is 31.5. The molecule has 7 heteroatoms. The van der Waals surface area contributed by atoms with Gasteiger partial charge in [0, 0.05) is 26.2 Å². The minimum absolute atomic E-state index is 0.0350. The number of hydrogen-bond acceptors (Lipinski definition) is 6. The molecular weight excluding hydrogens is 376 g/mol. The minimum Gasteiger partial charge on any atom is -0.369 e. The molecule has 0 bridgehead atoms. The molecule has 0 spiro atoms. The van der Waals surface area contributed by atoms with E-state index in [0.29, 0.717) is 5.65 Å². The number of aromatic nitrogens is 3. The quantitative estimate of drug-likeness (QED) is 0.756. The number of aryl methyl sites for hydroxylation is 2. The second-order valence-electron chi connectivity index (χ2n) is 8.49. The molecule has 0 aromatic carbocycles. The summed E-state index contributed by atoms with van der Waals surface area (Å²) in [6.45, 7) is 9.97. The molecule has 1 N–H and O–H groups in total. The Morgan fingerprint density at radius 2 is 1.87 bits per heavy atom. The van der Waals surface area contributed by atoms with Crippen LogP contribution in [0.15, 0.2) is 12.3 Å². The smallest absolute Gasteiger partial charge is 0.224 e. The van der Waals surface area contributed by atoms with Gasteiger partial charge in [-0.2, -0.15) is 0 Å². The molecule has 2 aromatic rings. The highest BCUT2D eigenvalue weighted by Crippen LogP contribution is 2.25. The topological polar surface area (TPSA) is 74.2 Å². The Bertz CT molecular complexity index is 879. The van der Waals surface area contributed by atoms with E-state index in [-0.39, 0.29) is 11.8 Å². The van der Waals surface area contributed by atoms with Gasteiger partial charge in [-0.15, -0.1) is 0 Å². The molecule has 2 saturated heterocycles. The largest absolute Gasteiger partial charge is 0.369 e. The minimum atomic E-state index is 0.0350. The SMILES string of the molecule is CCc1nc2cc(N3CCCC(C(=O)NCCN4CCCC4)C3)cnc2nc1CC. The van der Waals surface area contributed by atoms with Crippen LogP contribution in [0.25, 0.3) is 11.2 Å². The van der Waals surface area contributed by atoms with Crippen LogP contribution in [-0.4, -0.2) is 65.0 Å². The highest BCUT2D eigenvalue weighted by molar-refractivity contribution is 5.80. The number of fused-ring (bicyclic) bond motifs is 1. The number of piperidine rings is 1. The molecule has 2 aliphatic rings. The summed E-state index contributed by atoms with van der Waals surface area (Å²) in [7, 11) is 0. The second-order valence-corrected chi connectivity index (χ2v) is 8.49. The second kappa shape index (κ2) is 9.69. The molecular formula is C23H34N6O. The van der Waals surface area contributed by atoms with E-state index in [1.165, 1.54) is 25.9 Å². The van der Waals surface area contributed by atoms with Crippen molar-refractivity contribution >= 4 is 22.8 Å². The van der Waals surface area contributed by atoms with Crippen molar-refractivity contribution in [3.63, 3.8) is 0 Å². The molecule has 1 amide bonds. The summed E-state index contributed by atoms with van der Waals surface area (Å²) in [6, 6.07) is 2.08. The van der Waals surface area contributed by atoms with E-state index in [2.05, 4.69) is 40.0 Å². The third-order valence-electron chi connectivity index (χ3n) is 6.42. The Balaban J connectivity index is 1.40. The van der Waals surface area contributed by atoms with Crippen LogP contribution in [0, 0.1) is 5.92 Å².